The second-order valence-electron chi connectivity index (χ2n) is 4.54. The number of methoxy groups -OCH3 is 3. The first-order valence-electron chi connectivity index (χ1n) is 6.41. The summed E-state index contributed by atoms with van der Waals surface area (Å²) < 4.78 is 17.3. The van der Waals surface area contributed by atoms with Crippen molar-refractivity contribution in [3.05, 3.63) is 12.1 Å². The van der Waals surface area contributed by atoms with Crippen molar-refractivity contribution >= 4 is 5.69 Å². The lowest BCUT2D eigenvalue weighted by molar-refractivity contribution is 0.156. The van der Waals surface area contributed by atoms with E-state index in [0.717, 1.165) is 0 Å². The Bertz CT molecular complexity index is 614. The Labute approximate surface area is 122 Å². The van der Waals surface area contributed by atoms with Gasteiger partial charge < -0.3 is 19.9 Å². The Morgan fingerprint density at radius 1 is 1.24 bits per heavy atom. The van der Waals surface area contributed by atoms with Gasteiger partial charge in [0.1, 0.15) is 11.5 Å². The highest BCUT2D eigenvalue weighted by Gasteiger charge is 2.19. The monoisotopic (exact) mass is 293 g/mol. The minimum atomic E-state index is -0.0309. The lowest BCUT2D eigenvalue weighted by Crippen LogP contribution is -2.14. The van der Waals surface area contributed by atoms with Crippen LogP contribution in [0.4, 0.5) is 5.69 Å². The number of hydrogen-bond donors (Lipinski definition) is 1. The van der Waals surface area contributed by atoms with Crippen LogP contribution in [-0.2, 0) is 4.74 Å². The van der Waals surface area contributed by atoms with E-state index in [0.29, 0.717) is 35.2 Å². The van der Waals surface area contributed by atoms with Crippen molar-refractivity contribution in [3.63, 3.8) is 0 Å². The summed E-state index contributed by atoms with van der Waals surface area (Å²) in [5.74, 6) is 1.66. The molecular formula is C13H19N5O3. The number of anilines is 1. The Balaban J connectivity index is 2.54. The first-order valence-corrected chi connectivity index (χ1v) is 6.41. The highest BCUT2D eigenvalue weighted by molar-refractivity contribution is 5.78. The Morgan fingerprint density at radius 2 is 2.00 bits per heavy atom. The fraction of sp³-hybridized carbons (Fsp3) is 0.462. The van der Waals surface area contributed by atoms with Gasteiger partial charge in [-0.05, 0) is 23.4 Å². The maximum atomic E-state index is 6.13. The van der Waals surface area contributed by atoms with Crippen LogP contribution in [0.15, 0.2) is 12.1 Å². The van der Waals surface area contributed by atoms with E-state index >= 15 is 0 Å². The average Bonchev–Trinajstić information content (AvgIpc) is 2.97. The fourth-order valence-electron chi connectivity index (χ4n) is 2.05. The molecule has 0 radical (unpaired) electrons. The van der Waals surface area contributed by atoms with Crippen LogP contribution in [0.25, 0.3) is 11.4 Å². The van der Waals surface area contributed by atoms with Crippen molar-refractivity contribution in [2.75, 3.05) is 33.7 Å². The molecule has 0 aliphatic rings. The summed E-state index contributed by atoms with van der Waals surface area (Å²) in [6.07, 6.45) is 0. The van der Waals surface area contributed by atoms with Crippen molar-refractivity contribution in [1.82, 2.24) is 20.2 Å². The Kier molecular flexibility index (Phi) is 4.59. The maximum absolute atomic E-state index is 6.13. The van der Waals surface area contributed by atoms with Crippen LogP contribution in [-0.4, -0.2) is 48.1 Å². The smallest absolute Gasteiger partial charge is 0.184 e. The van der Waals surface area contributed by atoms with Crippen molar-refractivity contribution < 1.29 is 14.2 Å². The third-order valence-electron chi connectivity index (χ3n) is 3.13. The van der Waals surface area contributed by atoms with Gasteiger partial charge in [0, 0.05) is 13.2 Å². The molecule has 0 fully saturated rings. The van der Waals surface area contributed by atoms with Crippen molar-refractivity contribution in [2.24, 2.45) is 0 Å². The molecule has 2 N–H and O–H groups in total. The zero-order valence-electron chi connectivity index (χ0n) is 12.5. The highest BCUT2D eigenvalue weighted by Crippen LogP contribution is 2.37. The van der Waals surface area contributed by atoms with Crippen LogP contribution >= 0.6 is 0 Å². The number of rotatable bonds is 6. The summed E-state index contributed by atoms with van der Waals surface area (Å²) in [6.45, 7) is 2.44. The van der Waals surface area contributed by atoms with E-state index in [2.05, 4.69) is 15.5 Å². The van der Waals surface area contributed by atoms with Crippen molar-refractivity contribution in [2.45, 2.75) is 13.0 Å². The SMILES string of the molecule is COCC(C)n1nnnc1-c1cc(OC)cc(OC)c1N. The number of ether oxygens (including phenoxy) is 3. The molecule has 1 unspecified atom stereocenters. The van der Waals surface area contributed by atoms with E-state index < -0.39 is 0 Å². The van der Waals surface area contributed by atoms with Gasteiger partial charge in [-0.3, -0.25) is 0 Å². The van der Waals surface area contributed by atoms with Crippen LogP contribution in [0.5, 0.6) is 11.5 Å². The van der Waals surface area contributed by atoms with Gasteiger partial charge in [-0.2, -0.15) is 0 Å². The number of nitrogens with zero attached hydrogens (tertiary/aromatic N) is 4. The summed E-state index contributed by atoms with van der Waals surface area (Å²) in [4.78, 5) is 0. The third-order valence-corrected chi connectivity index (χ3v) is 3.13. The Morgan fingerprint density at radius 3 is 2.62 bits per heavy atom. The molecule has 0 spiro atoms. The number of benzene rings is 1. The van der Waals surface area contributed by atoms with Crippen LogP contribution in [0.1, 0.15) is 13.0 Å². The predicted octanol–water partition coefficient (Wildman–Crippen LogP) is 1.15. The molecule has 21 heavy (non-hydrogen) atoms. The van der Waals surface area contributed by atoms with Gasteiger partial charge >= 0.3 is 0 Å². The van der Waals surface area contributed by atoms with E-state index in [4.69, 9.17) is 19.9 Å². The first kappa shape index (κ1) is 15.0. The molecule has 0 aliphatic carbocycles. The molecule has 2 aromatic rings. The Hall–Kier alpha value is -2.35. The standard InChI is InChI=1S/C13H19N5O3/c1-8(7-19-2)18-13(15-16-17-18)10-5-9(20-3)6-11(21-4)12(10)14/h5-6,8H,7,14H2,1-4H3. The molecule has 8 heteroatoms. The predicted molar refractivity (Wildman–Crippen MR) is 77.4 cm³/mol. The molecule has 0 saturated carbocycles. The fourth-order valence-corrected chi connectivity index (χ4v) is 2.05. The lowest BCUT2D eigenvalue weighted by atomic mass is 10.1. The molecule has 1 heterocycles. The van der Waals surface area contributed by atoms with Crippen LogP contribution in [0.2, 0.25) is 0 Å². The topological polar surface area (TPSA) is 97.3 Å². The summed E-state index contributed by atoms with van der Waals surface area (Å²) >= 11 is 0. The molecule has 0 aliphatic heterocycles. The molecule has 1 aromatic heterocycles. The van der Waals surface area contributed by atoms with Gasteiger partial charge in [0.2, 0.25) is 0 Å². The summed E-state index contributed by atoms with van der Waals surface area (Å²) in [5.41, 5.74) is 7.24. The number of nitrogens with two attached hydrogens (primary N) is 1. The molecule has 0 amide bonds. The normalized spacial score (nSPS) is 12.2. The quantitative estimate of drug-likeness (QED) is 0.798. The van der Waals surface area contributed by atoms with E-state index in [-0.39, 0.29) is 6.04 Å². The lowest BCUT2D eigenvalue weighted by Gasteiger charge is -2.15. The molecular weight excluding hydrogens is 274 g/mol. The van der Waals surface area contributed by atoms with E-state index in [1.807, 2.05) is 6.92 Å². The minimum Gasteiger partial charge on any atom is -0.497 e. The second-order valence-corrected chi connectivity index (χ2v) is 4.54. The van der Waals surface area contributed by atoms with Crippen molar-refractivity contribution in [1.29, 1.82) is 0 Å². The molecule has 0 saturated heterocycles. The molecule has 114 valence electrons. The second kappa shape index (κ2) is 6.40. The molecule has 1 atom stereocenters. The average molecular weight is 293 g/mol. The van der Waals surface area contributed by atoms with Crippen LogP contribution < -0.4 is 15.2 Å². The minimum absolute atomic E-state index is 0.0309. The van der Waals surface area contributed by atoms with Gasteiger partial charge in [-0.15, -0.1) is 5.10 Å². The number of nitrogen functional groups attached to an aromatic ring is 1. The molecule has 0 bridgehead atoms. The molecule has 8 nitrogen and oxygen atoms in total. The summed E-state index contributed by atoms with van der Waals surface area (Å²) in [7, 11) is 4.75. The first-order chi connectivity index (χ1) is 10.1. The highest BCUT2D eigenvalue weighted by atomic mass is 16.5. The zero-order valence-corrected chi connectivity index (χ0v) is 12.5. The third kappa shape index (κ3) is 2.89. The zero-order chi connectivity index (χ0) is 15.4. The number of aromatic nitrogens is 4. The molecule has 1 aromatic carbocycles. The van der Waals surface area contributed by atoms with Gasteiger partial charge in [0.15, 0.2) is 5.82 Å². The van der Waals surface area contributed by atoms with E-state index in [1.54, 1.807) is 38.1 Å². The van der Waals surface area contributed by atoms with Crippen LogP contribution in [0.3, 0.4) is 0 Å². The molecule has 2 rings (SSSR count). The van der Waals surface area contributed by atoms with Gasteiger partial charge in [-0.1, -0.05) is 0 Å². The van der Waals surface area contributed by atoms with Crippen molar-refractivity contribution in [3.8, 4) is 22.9 Å². The van der Waals surface area contributed by atoms with E-state index in [1.165, 1.54) is 0 Å². The van der Waals surface area contributed by atoms with Crippen LogP contribution in [0, 0.1) is 0 Å². The van der Waals surface area contributed by atoms with E-state index in [9.17, 15) is 0 Å². The maximum Gasteiger partial charge on any atom is 0.184 e. The van der Waals surface area contributed by atoms with Gasteiger partial charge in [-0.25, -0.2) is 4.68 Å². The van der Waals surface area contributed by atoms with Gasteiger partial charge in [0.25, 0.3) is 0 Å². The summed E-state index contributed by atoms with van der Waals surface area (Å²) in [6, 6.07) is 3.46. The largest absolute Gasteiger partial charge is 0.497 e. The number of hydrogen-bond acceptors (Lipinski definition) is 7. The summed E-state index contributed by atoms with van der Waals surface area (Å²) in [5, 5.41) is 11.8. The van der Waals surface area contributed by atoms with Gasteiger partial charge in [0.05, 0.1) is 38.1 Å². The number of tetrazole rings is 1.